The number of rotatable bonds is 7. The van der Waals surface area contributed by atoms with Gasteiger partial charge in [0, 0.05) is 16.8 Å². The van der Waals surface area contributed by atoms with Crippen molar-refractivity contribution in [1.82, 2.24) is 0 Å². The predicted octanol–water partition coefficient (Wildman–Crippen LogP) is 11.6. The molecule has 1 nitrogen and oxygen atoms in total. The maximum atomic E-state index is 3.93. The molecule has 1 heteroatoms. The molecular weight excluding hydrogens is 494 g/mol. The van der Waals surface area contributed by atoms with Crippen molar-refractivity contribution < 1.29 is 0 Å². The van der Waals surface area contributed by atoms with Crippen molar-refractivity contribution in [3.63, 3.8) is 0 Å². The van der Waals surface area contributed by atoms with Gasteiger partial charge in [-0.15, -0.1) is 0 Å². The average molecular weight is 530 g/mol. The number of allylic oxidation sites excluding steroid dienone is 5. The highest BCUT2D eigenvalue weighted by Crippen LogP contribution is 2.50. The molecule has 0 atom stereocenters. The van der Waals surface area contributed by atoms with E-state index in [2.05, 4.69) is 154 Å². The minimum Gasteiger partial charge on any atom is -0.310 e. The monoisotopic (exact) mass is 529 g/mol. The van der Waals surface area contributed by atoms with E-state index in [0.29, 0.717) is 0 Å². The third-order valence-corrected chi connectivity index (χ3v) is 8.00. The zero-order chi connectivity index (χ0) is 28.5. The van der Waals surface area contributed by atoms with Gasteiger partial charge in [0.2, 0.25) is 0 Å². The summed E-state index contributed by atoms with van der Waals surface area (Å²) in [7, 11) is 0. The van der Waals surface area contributed by atoms with Crippen LogP contribution in [-0.4, -0.2) is 0 Å². The zero-order valence-electron chi connectivity index (χ0n) is 24.3. The third-order valence-electron chi connectivity index (χ3n) is 8.00. The van der Waals surface area contributed by atoms with Crippen LogP contribution in [0.1, 0.15) is 26.3 Å². The molecule has 200 valence electrons. The molecule has 0 aromatic heterocycles. The van der Waals surface area contributed by atoms with Gasteiger partial charge < -0.3 is 4.90 Å². The van der Waals surface area contributed by atoms with Crippen LogP contribution in [0.15, 0.2) is 151 Å². The average Bonchev–Trinajstić information content (AvgIpc) is 3.33. The SMILES string of the molecule is C=C/C=C\C(=C(C)C)/C(=C\C)N(c1ccc(-c2ccc(C)cc2)cc1)c1ccc2c3c(cccc13)-c1ccccc1-2. The predicted molar refractivity (Wildman–Crippen MR) is 179 cm³/mol. The standard InChI is InChI=1S/C40H35N/c1-6-8-12-32(27(3)4)38(7-2)41(31-23-21-30(22-24-31)29-19-17-28(5)18-20-29)39-26-25-36-34-14-10-9-13-33(34)35-15-11-16-37(39)40(35)36/h6-26H,1H2,2-5H3/b12-8-,38-7+. The van der Waals surface area contributed by atoms with Crippen molar-refractivity contribution in [2.45, 2.75) is 27.7 Å². The van der Waals surface area contributed by atoms with E-state index in [9.17, 15) is 0 Å². The van der Waals surface area contributed by atoms with Gasteiger partial charge in [-0.05, 0) is 90.2 Å². The minimum atomic E-state index is 1.12. The molecule has 0 amide bonds. The molecule has 0 heterocycles. The smallest absolute Gasteiger partial charge is 0.0540 e. The molecule has 5 aromatic carbocycles. The quantitative estimate of drug-likeness (QED) is 0.186. The molecule has 0 radical (unpaired) electrons. The largest absolute Gasteiger partial charge is 0.310 e. The number of aryl methyl sites for hydroxylation is 1. The Balaban J connectivity index is 1.58. The molecule has 0 fully saturated rings. The van der Waals surface area contributed by atoms with Crippen molar-refractivity contribution in [1.29, 1.82) is 0 Å². The summed E-state index contributed by atoms with van der Waals surface area (Å²) in [5.74, 6) is 0. The molecule has 0 saturated heterocycles. The lowest BCUT2D eigenvalue weighted by Gasteiger charge is -2.31. The van der Waals surface area contributed by atoms with Crippen LogP contribution in [0.4, 0.5) is 11.4 Å². The number of fused-ring (bicyclic) bond motifs is 3. The fourth-order valence-corrected chi connectivity index (χ4v) is 6.02. The lowest BCUT2D eigenvalue weighted by molar-refractivity contribution is 1.15. The first-order valence-electron chi connectivity index (χ1n) is 14.3. The molecule has 1 aliphatic carbocycles. The van der Waals surface area contributed by atoms with E-state index in [1.165, 1.54) is 66.6 Å². The van der Waals surface area contributed by atoms with E-state index in [0.717, 1.165) is 11.4 Å². The van der Waals surface area contributed by atoms with Gasteiger partial charge in [0.1, 0.15) is 0 Å². The van der Waals surface area contributed by atoms with Gasteiger partial charge in [0.25, 0.3) is 0 Å². The Morgan fingerprint density at radius 3 is 1.90 bits per heavy atom. The fraction of sp³-hybridized carbons (Fsp3) is 0.100. The van der Waals surface area contributed by atoms with E-state index in [4.69, 9.17) is 0 Å². The fourth-order valence-electron chi connectivity index (χ4n) is 6.02. The number of nitrogens with zero attached hydrogens (tertiary/aromatic N) is 1. The van der Waals surface area contributed by atoms with Crippen LogP contribution in [0.5, 0.6) is 0 Å². The van der Waals surface area contributed by atoms with E-state index in [1.54, 1.807) is 0 Å². The summed E-state index contributed by atoms with van der Waals surface area (Å²) < 4.78 is 0. The molecule has 1 aliphatic rings. The maximum Gasteiger partial charge on any atom is 0.0540 e. The van der Waals surface area contributed by atoms with Gasteiger partial charge in [-0.1, -0.05) is 127 Å². The van der Waals surface area contributed by atoms with E-state index < -0.39 is 0 Å². The normalized spacial score (nSPS) is 12.0. The van der Waals surface area contributed by atoms with E-state index >= 15 is 0 Å². The molecule has 0 spiro atoms. The summed E-state index contributed by atoms with van der Waals surface area (Å²) in [6, 6.07) is 37.8. The summed E-state index contributed by atoms with van der Waals surface area (Å²) in [6.45, 7) is 12.5. The minimum absolute atomic E-state index is 1.12. The molecule has 0 saturated carbocycles. The lowest BCUT2D eigenvalue weighted by atomic mass is 9.97. The van der Waals surface area contributed by atoms with Crippen LogP contribution >= 0.6 is 0 Å². The second-order valence-corrected chi connectivity index (χ2v) is 10.8. The number of hydrogen-bond acceptors (Lipinski definition) is 1. The zero-order valence-corrected chi connectivity index (χ0v) is 24.3. The van der Waals surface area contributed by atoms with Crippen LogP contribution < -0.4 is 4.90 Å². The van der Waals surface area contributed by atoms with E-state index in [1.807, 2.05) is 12.2 Å². The van der Waals surface area contributed by atoms with Gasteiger partial charge in [-0.25, -0.2) is 0 Å². The number of benzene rings is 5. The Kier molecular flexibility index (Phi) is 7.03. The highest BCUT2D eigenvalue weighted by atomic mass is 15.2. The Morgan fingerprint density at radius 1 is 0.683 bits per heavy atom. The second-order valence-electron chi connectivity index (χ2n) is 10.8. The number of hydrogen-bond donors (Lipinski definition) is 0. The van der Waals surface area contributed by atoms with Gasteiger partial charge in [0.15, 0.2) is 0 Å². The van der Waals surface area contributed by atoms with Crippen LogP contribution in [0.2, 0.25) is 0 Å². The van der Waals surface area contributed by atoms with Crippen LogP contribution in [0, 0.1) is 6.92 Å². The van der Waals surface area contributed by atoms with Crippen LogP contribution in [0.25, 0.3) is 44.2 Å². The molecule has 0 N–H and O–H groups in total. The number of anilines is 2. The Morgan fingerprint density at radius 2 is 1.29 bits per heavy atom. The van der Waals surface area contributed by atoms with Gasteiger partial charge in [-0.2, -0.15) is 0 Å². The second kappa shape index (κ2) is 10.9. The summed E-state index contributed by atoms with van der Waals surface area (Å²) >= 11 is 0. The first-order chi connectivity index (χ1) is 20.0. The van der Waals surface area contributed by atoms with Crippen molar-refractivity contribution >= 4 is 22.1 Å². The maximum absolute atomic E-state index is 3.93. The molecule has 5 aromatic rings. The molecule has 0 unspecified atom stereocenters. The summed E-state index contributed by atoms with van der Waals surface area (Å²) in [4.78, 5) is 2.42. The van der Waals surface area contributed by atoms with Crippen LogP contribution in [-0.2, 0) is 0 Å². The van der Waals surface area contributed by atoms with Crippen molar-refractivity contribution in [3.05, 3.63) is 156 Å². The molecule has 0 bridgehead atoms. The summed E-state index contributed by atoms with van der Waals surface area (Å²) in [5.41, 5.74) is 14.8. The molecular formula is C40H35N. The Labute approximate surface area is 244 Å². The Bertz CT molecular complexity index is 1830. The van der Waals surface area contributed by atoms with Gasteiger partial charge >= 0.3 is 0 Å². The molecule has 0 aliphatic heterocycles. The first kappa shape index (κ1) is 26.3. The van der Waals surface area contributed by atoms with Crippen molar-refractivity contribution in [2.75, 3.05) is 4.90 Å². The van der Waals surface area contributed by atoms with Crippen LogP contribution in [0.3, 0.4) is 0 Å². The molecule has 6 rings (SSSR count). The lowest BCUT2D eigenvalue weighted by Crippen LogP contribution is -2.18. The first-order valence-corrected chi connectivity index (χ1v) is 14.3. The summed E-state index contributed by atoms with van der Waals surface area (Å²) in [5, 5.41) is 2.57. The summed E-state index contributed by atoms with van der Waals surface area (Å²) in [6.07, 6.45) is 8.25. The highest BCUT2D eigenvalue weighted by molar-refractivity contribution is 6.18. The van der Waals surface area contributed by atoms with Crippen molar-refractivity contribution in [3.8, 4) is 33.4 Å². The van der Waals surface area contributed by atoms with Crippen molar-refractivity contribution in [2.24, 2.45) is 0 Å². The van der Waals surface area contributed by atoms with Gasteiger partial charge in [0.05, 0.1) is 5.69 Å². The third kappa shape index (κ3) is 4.64. The molecule has 41 heavy (non-hydrogen) atoms. The van der Waals surface area contributed by atoms with E-state index in [-0.39, 0.29) is 0 Å². The highest BCUT2D eigenvalue weighted by Gasteiger charge is 2.25. The van der Waals surface area contributed by atoms with Gasteiger partial charge in [-0.3, -0.25) is 0 Å². The Hall–Kier alpha value is -4.88. The topological polar surface area (TPSA) is 3.24 Å².